The summed E-state index contributed by atoms with van der Waals surface area (Å²) in [5, 5.41) is 0. The van der Waals surface area contributed by atoms with Crippen LogP contribution in [-0.2, 0) is 0 Å². The van der Waals surface area contributed by atoms with E-state index in [4.69, 9.17) is 0 Å². The van der Waals surface area contributed by atoms with E-state index in [2.05, 4.69) is 0 Å². The number of hydrogen-bond acceptors (Lipinski definition) is 0. The molecule has 0 aromatic rings. The number of halogens is 3. The van der Waals surface area contributed by atoms with E-state index in [-0.39, 0.29) is 12.8 Å². The van der Waals surface area contributed by atoms with Crippen LogP contribution in [0.25, 0.3) is 0 Å². The van der Waals surface area contributed by atoms with E-state index in [1.165, 1.54) is 0 Å². The Morgan fingerprint density at radius 3 is 2.58 bits per heavy atom. The largest absolute Gasteiger partial charge is 0.392 e. The first-order valence-corrected chi connectivity index (χ1v) is 3.90. The molecule has 1 rings (SSSR count). The van der Waals surface area contributed by atoms with Crippen LogP contribution < -0.4 is 0 Å². The summed E-state index contributed by atoms with van der Waals surface area (Å²) in [5.41, 5.74) is 0.918. The summed E-state index contributed by atoms with van der Waals surface area (Å²) >= 11 is 0. The number of allylic oxidation sites excluding steroid dienone is 4. The van der Waals surface area contributed by atoms with Crippen LogP contribution >= 0.6 is 0 Å². The predicted octanol–water partition coefficient (Wildman–Crippen LogP) is 3.46. The van der Waals surface area contributed by atoms with E-state index in [0.717, 1.165) is 5.57 Å². The van der Waals surface area contributed by atoms with Crippen molar-refractivity contribution in [3.05, 3.63) is 23.8 Å². The second-order valence-electron chi connectivity index (χ2n) is 3.06. The molecule has 1 atom stereocenters. The van der Waals surface area contributed by atoms with Gasteiger partial charge < -0.3 is 0 Å². The van der Waals surface area contributed by atoms with Crippen molar-refractivity contribution in [2.75, 3.05) is 0 Å². The summed E-state index contributed by atoms with van der Waals surface area (Å²) < 4.78 is 36.6. The van der Waals surface area contributed by atoms with Crippen LogP contribution in [-0.4, -0.2) is 6.18 Å². The molecule has 0 fully saturated rings. The molecular weight excluding hydrogens is 165 g/mol. The van der Waals surface area contributed by atoms with Crippen LogP contribution in [0.4, 0.5) is 13.2 Å². The third-order valence-corrected chi connectivity index (χ3v) is 1.99. The first kappa shape index (κ1) is 9.36. The zero-order valence-corrected chi connectivity index (χ0v) is 6.86. The Balaban J connectivity index is 2.67. The Morgan fingerprint density at radius 1 is 1.33 bits per heavy atom. The lowest BCUT2D eigenvalue weighted by Gasteiger charge is -2.15. The average Bonchev–Trinajstić information content (AvgIpc) is 2.11. The minimum atomic E-state index is -4.05. The van der Waals surface area contributed by atoms with Crippen molar-refractivity contribution >= 4 is 0 Å². The van der Waals surface area contributed by atoms with Crippen molar-refractivity contribution in [1.82, 2.24) is 0 Å². The predicted molar refractivity (Wildman–Crippen MR) is 41.7 cm³/mol. The van der Waals surface area contributed by atoms with Gasteiger partial charge in [0.25, 0.3) is 0 Å². The lowest BCUT2D eigenvalue weighted by Crippen LogP contribution is -2.21. The van der Waals surface area contributed by atoms with Gasteiger partial charge >= 0.3 is 6.18 Å². The van der Waals surface area contributed by atoms with Crippen molar-refractivity contribution in [2.24, 2.45) is 5.92 Å². The van der Waals surface area contributed by atoms with Crippen molar-refractivity contribution in [1.29, 1.82) is 0 Å². The van der Waals surface area contributed by atoms with Gasteiger partial charge in [-0.3, -0.25) is 0 Å². The Bertz CT molecular complexity index is 210. The fourth-order valence-corrected chi connectivity index (χ4v) is 1.18. The molecule has 12 heavy (non-hydrogen) atoms. The Kier molecular flexibility index (Phi) is 2.60. The smallest absolute Gasteiger partial charge is 0.171 e. The number of hydrogen-bond donors (Lipinski definition) is 0. The van der Waals surface area contributed by atoms with E-state index < -0.39 is 12.1 Å². The maximum atomic E-state index is 12.2. The summed E-state index contributed by atoms with van der Waals surface area (Å²) in [5.74, 6) is -1.19. The minimum absolute atomic E-state index is 0.108. The highest BCUT2D eigenvalue weighted by Gasteiger charge is 2.37. The van der Waals surface area contributed by atoms with Gasteiger partial charge in [0, 0.05) is 0 Å². The van der Waals surface area contributed by atoms with Crippen LogP contribution in [0, 0.1) is 5.92 Å². The number of rotatable bonds is 0. The first-order valence-electron chi connectivity index (χ1n) is 3.90. The van der Waals surface area contributed by atoms with Gasteiger partial charge in [0.15, 0.2) is 0 Å². The monoisotopic (exact) mass is 176 g/mol. The molecule has 0 bridgehead atoms. The molecule has 0 aliphatic heterocycles. The van der Waals surface area contributed by atoms with Gasteiger partial charge in [0.1, 0.15) is 0 Å². The van der Waals surface area contributed by atoms with Gasteiger partial charge in [-0.15, -0.1) is 0 Å². The van der Waals surface area contributed by atoms with Gasteiger partial charge in [0.05, 0.1) is 5.92 Å². The van der Waals surface area contributed by atoms with E-state index in [1.54, 1.807) is 18.2 Å². The quantitative estimate of drug-likeness (QED) is 0.530. The molecule has 0 spiro atoms. The van der Waals surface area contributed by atoms with Crippen LogP contribution in [0.1, 0.15) is 19.8 Å². The minimum Gasteiger partial charge on any atom is -0.171 e. The molecule has 3 heteroatoms. The molecule has 1 unspecified atom stereocenters. The lowest BCUT2D eigenvalue weighted by molar-refractivity contribution is -0.172. The van der Waals surface area contributed by atoms with Crippen LogP contribution in [0.3, 0.4) is 0 Å². The molecule has 0 nitrogen and oxygen atoms in total. The van der Waals surface area contributed by atoms with Gasteiger partial charge in [-0.05, 0) is 19.8 Å². The van der Waals surface area contributed by atoms with Crippen molar-refractivity contribution in [3.8, 4) is 0 Å². The highest BCUT2D eigenvalue weighted by Crippen LogP contribution is 2.33. The number of alkyl halides is 3. The topological polar surface area (TPSA) is 0 Å². The molecule has 0 aromatic carbocycles. The van der Waals surface area contributed by atoms with E-state index in [1.807, 2.05) is 6.92 Å². The molecule has 0 heterocycles. The summed E-state index contributed by atoms with van der Waals surface area (Å²) in [6, 6.07) is 0. The Morgan fingerprint density at radius 2 is 2.00 bits per heavy atom. The SMILES string of the molecule is CC1=CCC(C(F)(F)F)CC=C1. The molecule has 0 saturated carbocycles. The normalized spacial score (nSPS) is 25.0. The van der Waals surface area contributed by atoms with Gasteiger partial charge in [0.2, 0.25) is 0 Å². The van der Waals surface area contributed by atoms with Crippen molar-refractivity contribution in [3.63, 3.8) is 0 Å². The summed E-state index contributed by atoms with van der Waals surface area (Å²) in [6.45, 7) is 1.81. The molecule has 1 aliphatic carbocycles. The third kappa shape index (κ3) is 2.40. The molecule has 0 amide bonds. The second kappa shape index (κ2) is 3.33. The molecule has 68 valence electrons. The summed E-state index contributed by atoms with van der Waals surface area (Å²) in [6.07, 6.45) is 1.15. The zero-order chi connectivity index (χ0) is 9.19. The van der Waals surface area contributed by atoms with Crippen LogP contribution in [0.15, 0.2) is 23.8 Å². The molecule has 0 radical (unpaired) electrons. The van der Waals surface area contributed by atoms with E-state index in [0.29, 0.717) is 0 Å². The Labute approximate surface area is 69.8 Å². The molecular formula is C9H11F3. The molecule has 0 aromatic heterocycles. The standard InChI is InChI=1S/C9H11F3/c1-7-3-2-4-8(6-5-7)9(10,11)12/h2-3,5,8H,4,6H2,1H3. The highest BCUT2D eigenvalue weighted by atomic mass is 19.4. The zero-order valence-electron chi connectivity index (χ0n) is 6.86. The van der Waals surface area contributed by atoms with Crippen LogP contribution in [0.2, 0.25) is 0 Å². The van der Waals surface area contributed by atoms with Crippen LogP contribution in [0.5, 0.6) is 0 Å². The first-order chi connectivity index (χ1) is 5.50. The molecule has 0 saturated heterocycles. The van der Waals surface area contributed by atoms with Gasteiger partial charge in [-0.1, -0.05) is 23.8 Å². The third-order valence-electron chi connectivity index (χ3n) is 1.99. The second-order valence-corrected chi connectivity index (χ2v) is 3.06. The van der Waals surface area contributed by atoms with Gasteiger partial charge in [-0.2, -0.15) is 13.2 Å². The maximum absolute atomic E-state index is 12.2. The fourth-order valence-electron chi connectivity index (χ4n) is 1.18. The van der Waals surface area contributed by atoms with Gasteiger partial charge in [-0.25, -0.2) is 0 Å². The Hall–Kier alpha value is -0.730. The molecule has 0 N–H and O–H groups in total. The highest BCUT2D eigenvalue weighted by molar-refractivity contribution is 5.18. The average molecular weight is 176 g/mol. The lowest BCUT2D eigenvalue weighted by atomic mass is 10.0. The molecule has 1 aliphatic rings. The van der Waals surface area contributed by atoms with Crippen molar-refractivity contribution in [2.45, 2.75) is 25.9 Å². The van der Waals surface area contributed by atoms with Crippen molar-refractivity contribution < 1.29 is 13.2 Å². The summed E-state index contributed by atoms with van der Waals surface area (Å²) in [7, 11) is 0. The van der Waals surface area contributed by atoms with E-state index in [9.17, 15) is 13.2 Å². The van der Waals surface area contributed by atoms with E-state index >= 15 is 0 Å². The maximum Gasteiger partial charge on any atom is 0.392 e. The fraction of sp³-hybridized carbons (Fsp3) is 0.556. The summed E-state index contributed by atoms with van der Waals surface area (Å²) in [4.78, 5) is 0.